The van der Waals surface area contributed by atoms with Crippen molar-refractivity contribution in [1.82, 2.24) is 5.43 Å². The molecule has 0 saturated carbocycles. The van der Waals surface area contributed by atoms with E-state index in [9.17, 15) is 4.79 Å². The van der Waals surface area contributed by atoms with Gasteiger partial charge in [-0.1, -0.05) is 42.0 Å². The SMILES string of the molecule is Cc1ccc(C[NH+]2CC[NH+](CC(=O)N/N=C\c3ccc(N(C)C)cc3)CC2)cc1. The van der Waals surface area contributed by atoms with Crippen LogP contribution >= 0.6 is 0 Å². The molecule has 3 rings (SSSR count). The molecule has 3 N–H and O–H groups in total. The lowest BCUT2D eigenvalue weighted by Crippen LogP contribution is -3.28. The first-order chi connectivity index (χ1) is 14.0. The largest absolute Gasteiger partial charge is 0.378 e. The molecule has 1 fully saturated rings. The molecule has 0 aliphatic carbocycles. The molecular formula is C23H33N5O+2. The van der Waals surface area contributed by atoms with E-state index in [1.807, 2.05) is 43.3 Å². The number of carbonyl (C=O) groups excluding carboxylic acids is 1. The van der Waals surface area contributed by atoms with Crippen LogP contribution < -0.4 is 20.1 Å². The summed E-state index contributed by atoms with van der Waals surface area (Å²) in [6, 6.07) is 16.9. The van der Waals surface area contributed by atoms with Crippen molar-refractivity contribution in [2.75, 3.05) is 51.7 Å². The molecule has 154 valence electrons. The van der Waals surface area contributed by atoms with Crippen molar-refractivity contribution < 1.29 is 14.6 Å². The van der Waals surface area contributed by atoms with Gasteiger partial charge in [-0.15, -0.1) is 0 Å². The highest BCUT2D eigenvalue weighted by molar-refractivity contribution is 5.83. The van der Waals surface area contributed by atoms with Gasteiger partial charge >= 0.3 is 0 Å². The van der Waals surface area contributed by atoms with Crippen LogP contribution in [0.1, 0.15) is 16.7 Å². The summed E-state index contributed by atoms with van der Waals surface area (Å²) in [6.07, 6.45) is 1.69. The molecule has 0 aromatic heterocycles. The Morgan fingerprint density at radius 3 is 2.24 bits per heavy atom. The van der Waals surface area contributed by atoms with Crippen LogP contribution in [0.5, 0.6) is 0 Å². The number of hydrogen-bond acceptors (Lipinski definition) is 3. The summed E-state index contributed by atoms with van der Waals surface area (Å²) in [5.41, 5.74) is 7.46. The van der Waals surface area contributed by atoms with E-state index in [1.54, 1.807) is 11.1 Å². The fraction of sp³-hybridized carbons (Fsp3) is 0.391. The summed E-state index contributed by atoms with van der Waals surface area (Å²) in [7, 11) is 4.02. The number of amides is 1. The second kappa shape index (κ2) is 10.2. The van der Waals surface area contributed by atoms with Gasteiger partial charge in [0.15, 0.2) is 6.54 Å². The number of nitrogens with zero attached hydrogens (tertiary/aromatic N) is 2. The highest BCUT2D eigenvalue weighted by atomic mass is 16.2. The molecule has 0 spiro atoms. The van der Waals surface area contributed by atoms with Gasteiger partial charge in [0, 0.05) is 25.3 Å². The molecule has 1 aliphatic rings. The normalized spacial score (nSPS) is 19.3. The number of benzene rings is 2. The van der Waals surface area contributed by atoms with Gasteiger partial charge in [-0.2, -0.15) is 5.10 Å². The summed E-state index contributed by atoms with van der Waals surface area (Å²) in [6.45, 7) is 7.89. The van der Waals surface area contributed by atoms with Gasteiger partial charge < -0.3 is 14.7 Å². The molecule has 6 heteroatoms. The zero-order valence-electron chi connectivity index (χ0n) is 17.7. The van der Waals surface area contributed by atoms with Gasteiger partial charge in [-0.25, -0.2) is 5.43 Å². The minimum Gasteiger partial charge on any atom is -0.378 e. The van der Waals surface area contributed by atoms with Crippen molar-refractivity contribution in [3.63, 3.8) is 0 Å². The van der Waals surface area contributed by atoms with Gasteiger partial charge in [-0.3, -0.25) is 4.79 Å². The quantitative estimate of drug-likeness (QED) is 0.437. The molecule has 29 heavy (non-hydrogen) atoms. The predicted octanol–water partition coefficient (Wildman–Crippen LogP) is -0.505. The maximum atomic E-state index is 12.2. The predicted molar refractivity (Wildman–Crippen MR) is 118 cm³/mol. The Labute approximate surface area is 173 Å². The van der Waals surface area contributed by atoms with E-state index in [-0.39, 0.29) is 5.91 Å². The Morgan fingerprint density at radius 1 is 1.00 bits per heavy atom. The lowest BCUT2D eigenvalue weighted by atomic mass is 10.1. The van der Waals surface area contributed by atoms with Gasteiger partial charge in [-0.05, 0) is 24.6 Å². The first-order valence-corrected chi connectivity index (χ1v) is 10.3. The lowest BCUT2D eigenvalue weighted by Gasteiger charge is -2.29. The Kier molecular flexibility index (Phi) is 7.38. The number of nitrogens with one attached hydrogen (secondary N) is 3. The molecule has 0 atom stereocenters. The first-order valence-electron chi connectivity index (χ1n) is 10.3. The zero-order valence-corrected chi connectivity index (χ0v) is 17.7. The third-order valence-electron chi connectivity index (χ3n) is 5.46. The van der Waals surface area contributed by atoms with Crippen molar-refractivity contribution in [3.05, 3.63) is 65.2 Å². The van der Waals surface area contributed by atoms with Crippen molar-refractivity contribution >= 4 is 17.8 Å². The minimum atomic E-state index is -0.0249. The molecular weight excluding hydrogens is 362 g/mol. The van der Waals surface area contributed by atoms with Crippen LogP contribution in [-0.4, -0.2) is 58.9 Å². The number of piperazine rings is 1. The molecule has 1 heterocycles. The molecule has 6 nitrogen and oxygen atoms in total. The molecule has 2 aromatic carbocycles. The molecule has 1 saturated heterocycles. The molecule has 1 aliphatic heterocycles. The molecule has 0 radical (unpaired) electrons. The van der Waals surface area contributed by atoms with E-state index >= 15 is 0 Å². The summed E-state index contributed by atoms with van der Waals surface area (Å²) in [4.78, 5) is 17.2. The van der Waals surface area contributed by atoms with Gasteiger partial charge in [0.1, 0.15) is 32.7 Å². The smallest absolute Gasteiger partial charge is 0.295 e. The Bertz CT molecular complexity index is 806. The van der Waals surface area contributed by atoms with E-state index in [2.05, 4.69) is 41.7 Å². The van der Waals surface area contributed by atoms with Crippen LogP contribution in [0.3, 0.4) is 0 Å². The van der Waals surface area contributed by atoms with Gasteiger partial charge in [0.25, 0.3) is 5.91 Å². The van der Waals surface area contributed by atoms with Crippen LogP contribution in [0.4, 0.5) is 5.69 Å². The Balaban J connectivity index is 1.37. The summed E-state index contributed by atoms with van der Waals surface area (Å²) >= 11 is 0. The van der Waals surface area contributed by atoms with E-state index in [4.69, 9.17) is 0 Å². The van der Waals surface area contributed by atoms with E-state index < -0.39 is 0 Å². The number of hydrazone groups is 1. The fourth-order valence-electron chi connectivity index (χ4n) is 3.61. The van der Waals surface area contributed by atoms with Crippen LogP contribution in [0.2, 0.25) is 0 Å². The minimum absolute atomic E-state index is 0.0249. The van der Waals surface area contributed by atoms with Gasteiger partial charge in [0.2, 0.25) is 0 Å². The van der Waals surface area contributed by atoms with Crippen LogP contribution in [0.25, 0.3) is 0 Å². The Morgan fingerprint density at radius 2 is 1.62 bits per heavy atom. The second-order valence-electron chi connectivity index (χ2n) is 8.12. The van der Waals surface area contributed by atoms with Crippen molar-refractivity contribution in [1.29, 1.82) is 0 Å². The van der Waals surface area contributed by atoms with Crippen LogP contribution in [0, 0.1) is 6.92 Å². The third kappa shape index (κ3) is 6.69. The average Bonchev–Trinajstić information content (AvgIpc) is 2.71. The second-order valence-corrected chi connectivity index (χ2v) is 8.12. The monoisotopic (exact) mass is 395 g/mol. The average molecular weight is 396 g/mol. The summed E-state index contributed by atoms with van der Waals surface area (Å²) in [5, 5.41) is 4.10. The topological polar surface area (TPSA) is 53.6 Å². The maximum Gasteiger partial charge on any atom is 0.295 e. The standard InChI is InChI=1S/C23H31N5O/c1-19-4-6-21(7-5-19)17-27-12-14-28(15-13-27)18-23(29)25-24-16-20-8-10-22(11-9-20)26(2)3/h4-11,16H,12-15,17-18H2,1-3H3,(H,25,29)/p+2/b24-16-. The number of aryl methyl sites for hydroxylation is 1. The van der Waals surface area contributed by atoms with Crippen LogP contribution in [0.15, 0.2) is 53.6 Å². The number of quaternary nitrogens is 2. The Hall–Kier alpha value is -2.70. The molecule has 0 bridgehead atoms. The highest BCUT2D eigenvalue weighted by Crippen LogP contribution is 2.10. The first kappa shape index (κ1) is 21.0. The van der Waals surface area contributed by atoms with Crippen molar-refractivity contribution in [2.45, 2.75) is 13.5 Å². The number of rotatable bonds is 7. The number of anilines is 1. The zero-order chi connectivity index (χ0) is 20.6. The fourth-order valence-corrected chi connectivity index (χ4v) is 3.61. The van der Waals surface area contributed by atoms with Crippen LogP contribution in [-0.2, 0) is 11.3 Å². The van der Waals surface area contributed by atoms with E-state index in [0.29, 0.717) is 6.54 Å². The van der Waals surface area contributed by atoms with Gasteiger partial charge in [0.05, 0.1) is 6.21 Å². The summed E-state index contributed by atoms with van der Waals surface area (Å²) in [5.74, 6) is -0.0249. The van der Waals surface area contributed by atoms with E-state index in [0.717, 1.165) is 44.0 Å². The highest BCUT2D eigenvalue weighted by Gasteiger charge is 2.24. The maximum absolute atomic E-state index is 12.2. The van der Waals surface area contributed by atoms with Crippen molar-refractivity contribution in [2.24, 2.45) is 5.10 Å². The van der Waals surface area contributed by atoms with E-state index in [1.165, 1.54) is 16.0 Å². The molecule has 1 amide bonds. The third-order valence-corrected chi connectivity index (χ3v) is 5.46. The number of hydrogen-bond donors (Lipinski definition) is 3. The number of carbonyl (C=O) groups is 1. The molecule has 0 unspecified atom stereocenters. The van der Waals surface area contributed by atoms with Crippen molar-refractivity contribution in [3.8, 4) is 0 Å². The molecule has 2 aromatic rings. The summed E-state index contributed by atoms with van der Waals surface area (Å²) < 4.78 is 0. The lowest BCUT2D eigenvalue weighted by molar-refractivity contribution is -1.02.